The molecule has 4 rings (SSSR count). The summed E-state index contributed by atoms with van der Waals surface area (Å²) in [5.41, 5.74) is 2.79. The van der Waals surface area contributed by atoms with Crippen molar-refractivity contribution in [2.45, 2.75) is 26.5 Å². The van der Waals surface area contributed by atoms with E-state index in [0.29, 0.717) is 22.2 Å². The Morgan fingerprint density at radius 1 is 1.16 bits per heavy atom. The number of amides is 1. The van der Waals surface area contributed by atoms with E-state index in [0.717, 1.165) is 18.5 Å². The number of nitrogens with zero attached hydrogens (tertiary/aromatic N) is 2. The van der Waals surface area contributed by atoms with Crippen LogP contribution in [0.3, 0.4) is 0 Å². The van der Waals surface area contributed by atoms with Crippen LogP contribution >= 0.6 is 11.6 Å². The summed E-state index contributed by atoms with van der Waals surface area (Å²) in [7, 11) is 0. The maximum absolute atomic E-state index is 12.5. The summed E-state index contributed by atoms with van der Waals surface area (Å²) in [5, 5.41) is 7.80. The Hall–Kier alpha value is -3.51. The summed E-state index contributed by atoms with van der Waals surface area (Å²) in [6, 6.07) is 19.0. The Morgan fingerprint density at radius 2 is 2.00 bits per heavy atom. The number of carbonyl (C=O) groups excluding carboxylic acids is 1. The van der Waals surface area contributed by atoms with Gasteiger partial charge in [-0.15, -0.1) is 0 Å². The Bertz CT molecular complexity index is 1170. The average molecular weight is 436 g/mol. The molecular weight excluding hydrogens is 414 g/mol. The van der Waals surface area contributed by atoms with Crippen molar-refractivity contribution in [2.24, 2.45) is 0 Å². The molecule has 158 valence electrons. The summed E-state index contributed by atoms with van der Waals surface area (Å²) in [6.45, 7) is 2.85. The number of hydrogen-bond acceptors (Lipinski definition) is 4. The second-order valence-electron chi connectivity index (χ2n) is 7.15. The van der Waals surface area contributed by atoms with Gasteiger partial charge in [-0.05, 0) is 54.8 Å². The van der Waals surface area contributed by atoms with Crippen molar-refractivity contribution in [2.75, 3.05) is 5.32 Å². The lowest BCUT2D eigenvalue weighted by molar-refractivity contribution is 0.0992. The first-order valence-electron chi connectivity index (χ1n) is 9.92. The summed E-state index contributed by atoms with van der Waals surface area (Å²) in [5.74, 6) is 1.11. The van der Waals surface area contributed by atoms with Gasteiger partial charge in [0.2, 0.25) is 0 Å². The van der Waals surface area contributed by atoms with Crippen molar-refractivity contribution >= 4 is 23.2 Å². The van der Waals surface area contributed by atoms with Crippen molar-refractivity contribution in [1.29, 1.82) is 0 Å². The predicted molar refractivity (Wildman–Crippen MR) is 120 cm³/mol. The minimum Gasteiger partial charge on any atom is -0.486 e. The highest BCUT2D eigenvalue weighted by molar-refractivity contribution is 6.31. The quantitative estimate of drug-likeness (QED) is 0.396. The Balaban J connectivity index is 1.29. The number of rotatable bonds is 8. The standard InChI is InChI=1S/C24H22ClN3O3/c1-17-13-20(7-9-22(17)25)30-16-21-8-10-23(31-21)24(29)27-19-14-26-28(15-19)12-11-18-5-3-2-4-6-18/h2-10,13-15H,11-12,16H2,1H3,(H,27,29). The molecule has 0 atom stereocenters. The van der Waals surface area contributed by atoms with Gasteiger partial charge in [-0.3, -0.25) is 9.48 Å². The number of halogens is 1. The van der Waals surface area contributed by atoms with Crippen LogP contribution in [-0.2, 0) is 19.6 Å². The van der Waals surface area contributed by atoms with Gasteiger partial charge in [0.15, 0.2) is 5.76 Å². The van der Waals surface area contributed by atoms with Gasteiger partial charge in [0.05, 0.1) is 11.9 Å². The van der Waals surface area contributed by atoms with Gasteiger partial charge in [-0.2, -0.15) is 5.10 Å². The fourth-order valence-corrected chi connectivity index (χ4v) is 3.19. The SMILES string of the molecule is Cc1cc(OCc2ccc(C(=O)Nc3cnn(CCc4ccccc4)c3)o2)ccc1Cl. The van der Waals surface area contributed by atoms with E-state index in [1.165, 1.54) is 5.56 Å². The van der Waals surface area contributed by atoms with Gasteiger partial charge >= 0.3 is 0 Å². The molecule has 1 N–H and O–H groups in total. The topological polar surface area (TPSA) is 69.3 Å². The smallest absolute Gasteiger partial charge is 0.291 e. The molecule has 4 aromatic rings. The summed E-state index contributed by atoms with van der Waals surface area (Å²) in [4.78, 5) is 12.5. The number of anilines is 1. The zero-order chi connectivity index (χ0) is 21.6. The van der Waals surface area contributed by atoms with Gasteiger partial charge in [0, 0.05) is 17.8 Å². The molecule has 0 spiro atoms. The molecule has 0 aliphatic carbocycles. The molecule has 2 aromatic heterocycles. The van der Waals surface area contributed by atoms with E-state index in [9.17, 15) is 4.79 Å². The van der Waals surface area contributed by atoms with Crippen molar-refractivity contribution in [3.8, 4) is 5.75 Å². The number of benzene rings is 2. The normalized spacial score (nSPS) is 10.8. The van der Waals surface area contributed by atoms with Crippen LogP contribution in [0, 0.1) is 6.92 Å². The lowest BCUT2D eigenvalue weighted by atomic mass is 10.1. The van der Waals surface area contributed by atoms with Gasteiger partial charge in [-0.25, -0.2) is 0 Å². The Morgan fingerprint density at radius 3 is 2.81 bits per heavy atom. The highest BCUT2D eigenvalue weighted by Crippen LogP contribution is 2.22. The molecule has 7 heteroatoms. The number of nitrogens with one attached hydrogen (secondary N) is 1. The average Bonchev–Trinajstić information content (AvgIpc) is 3.43. The molecule has 0 unspecified atom stereocenters. The summed E-state index contributed by atoms with van der Waals surface area (Å²) in [6.07, 6.45) is 4.29. The lowest BCUT2D eigenvalue weighted by Crippen LogP contribution is -2.10. The molecule has 2 heterocycles. The summed E-state index contributed by atoms with van der Waals surface area (Å²) < 4.78 is 13.1. The molecule has 0 aliphatic rings. The highest BCUT2D eigenvalue weighted by Gasteiger charge is 2.13. The molecule has 1 amide bonds. The number of ether oxygens (including phenoxy) is 1. The van der Waals surface area contributed by atoms with Crippen molar-refractivity contribution in [3.63, 3.8) is 0 Å². The largest absolute Gasteiger partial charge is 0.486 e. The molecule has 0 fully saturated rings. The maximum atomic E-state index is 12.5. The molecule has 6 nitrogen and oxygen atoms in total. The highest BCUT2D eigenvalue weighted by atomic mass is 35.5. The molecule has 0 radical (unpaired) electrons. The van der Waals surface area contributed by atoms with Crippen LogP contribution in [0.2, 0.25) is 5.02 Å². The first kappa shape index (κ1) is 20.8. The molecule has 0 aliphatic heterocycles. The van der Waals surface area contributed by atoms with Crippen molar-refractivity contribution < 1.29 is 13.9 Å². The number of furan rings is 1. The van der Waals surface area contributed by atoms with Crippen LogP contribution in [-0.4, -0.2) is 15.7 Å². The second kappa shape index (κ2) is 9.53. The first-order chi connectivity index (χ1) is 15.1. The van der Waals surface area contributed by atoms with Crippen LogP contribution < -0.4 is 10.1 Å². The van der Waals surface area contributed by atoms with E-state index in [1.807, 2.05) is 31.2 Å². The van der Waals surface area contributed by atoms with E-state index in [-0.39, 0.29) is 18.3 Å². The van der Waals surface area contributed by atoms with E-state index in [1.54, 1.807) is 41.3 Å². The van der Waals surface area contributed by atoms with E-state index >= 15 is 0 Å². The Labute approximate surface area is 185 Å². The minimum absolute atomic E-state index is 0.211. The molecular formula is C24H22ClN3O3. The van der Waals surface area contributed by atoms with Crippen LogP contribution in [0.25, 0.3) is 0 Å². The fourth-order valence-electron chi connectivity index (χ4n) is 3.07. The van der Waals surface area contributed by atoms with Gasteiger partial charge in [0.1, 0.15) is 18.1 Å². The van der Waals surface area contributed by atoms with Crippen LogP contribution in [0.15, 0.2) is 77.5 Å². The third-order valence-electron chi connectivity index (χ3n) is 4.76. The third kappa shape index (κ3) is 5.55. The van der Waals surface area contributed by atoms with Crippen LogP contribution in [0.5, 0.6) is 5.75 Å². The first-order valence-corrected chi connectivity index (χ1v) is 10.3. The Kier molecular flexibility index (Phi) is 6.38. The zero-order valence-corrected chi connectivity index (χ0v) is 17.8. The predicted octanol–water partition coefficient (Wildman–Crippen LogP) is 5.51. The lowest BCUT2D eigenvalue weighted by Gasteiger charge is -2.06. The van der Waals surface area contributed by atoms with E-state index in [2.05, 4.69) is 22.5 Å². The van der Waals surface area contributed by atoms with Gasteiger partial charge < -0.3 is 14.5 Å². The van der Waals surface area contributed by atoms with Crippen molar-refractivity contribution in [3.05, 3.63) is 101 Å². The summed E-state index contributed by atoms with van der Waals surface area (Å²) >= 11 is 6.03. The fraction of sp³-hybridized carbons (Fsp3) is 0.167. The molecule has 2 aromatic carbocycles. The minimum atomic E-state index is -0.337. The molecule has 0 bridgehead atoms. The van der Waals surface area contributed by atoms with E-state index in [4.69, 9.17) is 20.8 Å². The number of carbonyl (C=O) groups is 1. The van der Waals surface area contributed by atoms with Gasteiger partial charge in [-0.1, -0.05) is 41.9 Å². The van der Waals surface area contributed by atoms with Crippen LogP contribution in [0.1, 0.15) is 27.4 Å². The number of aromatic nitrogens is 2. The van der Waals surface area contributed by atoms with Crippen LogP contribution in [0.4, 0.5) is 5.69 Å². The second-order valence-corrected chi connectivity index (χ2v) is 7.55. The number of aryl methyl sites for hydroxylation is 3. The zero-order valence-electron chi connectivity index (χ0n) is 17.0. The monoisotopic (exact) mass is 435 g/mol. The molecule has 31 heavy (non-hydrogen) atoms. The number of hydrogen-bond donors (Lipinski definition) is 1. The van der Waals surface area contributed by atoms with Crippen molar-refractivity contribution in [1.82, 2.24) is 9.78 Å². The molecule has 0 saturated carbocycles. The molecule has 0 saturated heterocycles. The van der Waals surface area contributed by atoms with E-state index < -0.39 is 0 Å². The van der Waals surface area contributed by atoms with Gasteiger partial charge in [0.25, 0.3) is 5.91 Å². The third-order valence-corrected chi connectivity index (χ3v) is 5.18. The maximum Gasteiger partial charge on any atom is 0.291 e.